The standard InChI is InChI=1S/2CO2.CH4.O2/c2*2-1-3;;1-2/h;;1H4;. The zero-order valence-corrected chi connectivity index (χ0v) is 3.45. The molecule has 0 N–H and O–H groups in total. The van der Waals surface area contributed by atoms with E-state index in [-0.39, 0.29) is 19.7 Å². The molecule has 6 heteroatoms. The average Bonchev–Trinajstić information content (AvgIpc) is 1.75. The highest BCUT2D eigenvalue weighted by atomic mass is 16.7. The summed E-state index contributed by atoms with van der Waals surface area (Å²) < 4.78 is 0. The van der Waals surface area contributed by atoms with Crippen LogP contribution in [0.2, 0.25) is 0 Å². The second-order valence-corrected chi connectivity index (χ2v) is 0.167. The van der Waals surface area contributed by atoms with Gasteiger partial charge in [0, 0.05) is 9.93 Å². The quantitative estimate of drug-likeness (QED) is 0.446. The maximum atomic E-state index is 8.12. The molecule has 0 aromatic rings. The minimum atomic E-state index is 0. The van der Waals surface area contributed by atoms with Crippen molar-refractivity contribution in [3.63, 3.8) is 0 Å². The third-order valence-corrected chi connectivity index (χ3v) is 0. The van der Waals surface area contributed by atoms with Crippen molar-refractivity contribution < 1.29 is 19.2 Å². The van der Waals surface area contributed by atoms with E-state index in [0.717, 1.165) is 0 Å². The molecule has 0 aliphatic heterocycles. The molecule has 0 heterocycles. The van der Waals surface area contributed by atoms with Crippen molar-refractivity contribution in [2.45, 2.75) is 7.43 Å². The summed E-state index contributed by atoms with van der Waals surface area (Å²) in [5, 5.41) is 0. The van der Waals surface area contributed by atoms with Crippen molar-refractivity contribution in [1.82, 2.24) is 0 Å². The fourth-order valence-corrected chi connectivity index (χ4v) is 0. The molecular weight excluding hydrogens is 132 g/mol. The molecule has 9 heavy (non-hydrogen) atoms. The van der Waals surface area contributed by atoms with Gasteiger partial charge < -0.3 is 0 Å². The highest BCUT2D eigenvalue weighted by molar-refractivity contribution is 5.20. The van der Waals surface area contributed by atoms with Crippen LogP contribution in [0.25, 0.3) is 0 Å². The summed E-state index contributed by atoms with van der Waals surface area (Å²) in [5.41, 5.74) is 0. The second kappa shape index (κ2) is 1410. The number of hydrogen-bond acceptors (Lipinski definition) is 6. The summed E-state index contributed by atoms with van der Waals surface area (Å²) in [7, 11) is 0. The minimum absolute atomic E-state index is 0. The molecular formula is C3H4O6. The first kappa shape index (κ1) is 26.4. The zero-order valence-electron chi connectivity index (χ0n) is 3.45. The molecule has 0 fully saturated rings. The summed E-state index contributed by atoms with van der Waals surface area (Å²) in [6, 6.07) is 0. The lowest BCUT2D eigenvalue weighted by atomic mass is 11.8. The zero-order chi connectivity index (χ0) is 7.41. The lowest BCUT2D eigenvalue weighted by molar-refractivity contribution is -0.193. The molecule has 6 nitrogen and oxygen atoms in total. The van der Waals surface area contributed by atoms with Crippen molar-refractivity contribution in [2.75, 3.05) is 0 Å². The van der Waals surface area contributed by atoms with Crippen LogP contribution in [0.1, 0.15) is 7.43 Å². The smallest absolute Gasteiger partial charge is 0.186 e. The number of carbonyl (C=O) groups excluding carboxylic acids is 4. The predicted octanol–water partition coefficient (Wildman–Crippen LogP) is -0.464. The third kappa shape index (κ3) is 45.0. The molecule has 0 atom stereocenters. The Morgan fingerprint density at radius 1 is 0.667 bits per heavy atom. The molecule has 0 radical (unpaired) electrons. The van der Waals surface area contributed by atoms with Gasteiger partial charge in [0.25, 0.3) is 0 Å². The summed E-state index contributed by atoms with van der Waals surface area (Å²) in [5.74, 6) is 0. The van der Waals surface area contributed by atoms with Crippen LogP contribution < -0.4 is 0 Å². The van der Waals surface area contributed by atoms with E-state index in [2.05, 4.69) is 0 Å². The summed E-state index contributed by atoms with van der Waals surface area (Å²) in [6.07, 6.45) is 0.500. The summed E-state index contributed by atoms with van der Waals surface area (Å²) in [4.78, 5) is 46.5. The third-order valence-electron chi connectivity index (χ3n) is 0. The van der Waals surface area contributed by atoms with Gasteiger partial charge in [-0.1, -0.05) is 7.43 Å². The molecule has 0 aliphatic rings. The lowest BCUT2D eigenvalue weighted by Crippen LogP contribution is -1.22. The van der Waals surface area contributed by atoms with E-state index in [1.165, 1.54) is 0 Å². The van der Waals surface area contributed by atoms with Gasteiger partial charge in [0.15, 0.2) is 0 Å². The van der Waals surface area contributed by atoms with Crippen LogP contribution in [-0.4, -0.2) is 12.3 Å². The van der Waals surface area contributed by atoms with E-state index in [4.69, 9.17) is 29.1 Å². The first-order valence-electron chi connectivity index (χ1n) is 0.983. The molecule has 0 aromatic carbocycles. The van der Waals surface area contributed by atoms with Crippen LogP contribution in [-0.2, 0) is 19.2 Å². The Bertz CT molecular complexity index is 72.5. The monoisotopic (exact) mass is 136 g/mol. The van der Waals surface area contributed by atoms with Crippen molar-refractivity contribution in [2.24, 2.45) is 0 Å². The Hall–Kier alpha value is -1.64. The summed E-state index contributed by atoms with van der Waals surface area (Å²) in [6.45, 7) is 0. The van der Waals surface area contributed by atoms with Crippen LogP contribution >= 0.6 is 0 Å². The van der Waals surface area contributed by atoms with Crippen molar-refractivity contribution in [3.05, 3.63) is 9.93 Å². The molecule has 0 unspecified atom stereocenters. The number of rotatable bonds is 0. The van der Waals surface area contributed by atoms with Gasteiger partial charge in [0.1, 0.15) is 0 Å². The van der Waals surface area contributed by atoms with E-state index in [1.807, 2.05) is 0 Å². The fourth-order valence-electron chi connectivity index (χ4n) is 0. The van der Waals surface area contributed by atoms with Gasteiger partial charge in [-0.2, -0.15) is 19.2 Å². The van der Waals surface area contributed by atoms with Crippen LogP contribution in [0.5, 0.6) is 0 Å². The summed E-state index contributed by atoms with van der Waals surface area (Å²) >= 11 is 0. The highest BCUT2D eigenvalue weighted by Gasteiger charge is 1.13. The molecule has 0 rings (SSSR count). The molecule has 0 bridgehead atoms. The van der Waals surface area contributed by atoms with Gasteiger partial charge in [-0.3, -0.25) is 0 Å². The van der Waals surface area contributed by atoms with Gasteiger partial charge in [0.2, 0.25) is 0 Å². The first-order valence-corrected chi connectivity index (χ1v) is 0.983. The normalized spacial score (nSPS) is 2.22. The first-order chi connectivity index (χ1) is 3.83. The van der Waals surface area contributed by atoms with Crippen LogP contribution in [0.15, 0.2) is 0 Å². The molecule has 0 saturated heterocycles. The van der Waals surface area contributed by atoms with Gasteiger partial charge in [0.05, 0.1) is 0 Å². The minimum Gasteiger partial charge on any atom is -0.186 e. The molecule has 0 amide bonds. The average molecular weight is 136 g/mol. The van der Waals surface area contributed by atoms with Crippen LogP contribution in [0.4, 0.5) is 0 Å². The highest BCUT2D eigenvalue weighted by Crippen LogP contribution is 0.790. The Morgan fingerprint density at radius 2 is 0.667 bits per heavy atom. The topological polar surface area (TPSA) is 102 Å². The van der Waals surface area contributed by atoms with E-state index in [0.29, 0.717) is 0 Å². The predicted molar refractivity (Wildman–Crippen MR) is 23.5 cm³/mol. The maximum absolute atomic E-state index is 8.12. The van der Waals surface area contributed by atoms with Crippen LogP contribution in [0.3, 0.4) is 0 Å². The number of hydrogen-bond donors (Lipinski definition) is 0. The van der Waals surface area contributed by atoms with Crippen molar-refractivity contribution in [3.8, 4) is 0 Å². The molecule has 52 valence electrons. The lowest BCUT2D eigenvalue weighted by Gasteiger charge is -0.945. The Balaban J connectivity index is -0.0000000202. The molecule has 0 aliphatic carbocycles. The Kier molecular flexibility index (Phi) is 4130. The molecule has 0 saturated carbocycles. The van der Waals surface area contributed by atoms with Gasteiger partial charge in [-0.05, 0) is 0 Å². The second-order valence-electron chi connectivity index (χ2n) is 0.167. The molecule has 0 aromatic heterocycles. The van der Waals surface area contributed by atoms with E-state index < -0.39 is 0 Å². The van der Waals surface area contributed by atoms with Crippen molar-refractivity contribution in [1.29, 1.82) is 0 Å². The SMILES string of the molecule is C.O=C=O.O=C=O.O=O. The van der Waals surface area contributed by atoms with Gasteiger partial charge >= 0.3 is 12.3 Å². The fraction of sp³-hybridized carbons (Fsp3) is 0.333. The Labute approximate surface area is 50.1 Å². The molecule has 0 spiro atoms. The van der Waals surface area contributed by atoms with Gasteiger partial charge in [-0.25, -0.2) is 0 Å². The van der Waals surface area contributed by atoms with Crippen molar-refractivity contribution >= 4 is 12.3 Å². The Morgan fingerprint density at radius 3 is 0.667 bits per heavy atom. The largest absolute Gasteiger partial charge is 0.373 e. The van der Waals surface area contributed by atoms with E-state index in [9.17, 15) is 0 Å². The van der Waals surface area contributed by atoms with E-state index in [1.54, 1.807) is 0 Å². The van der Waals surface area contributed by atoms with Gasteiger partial charge in [-0.15, -0.1) is 0 Å². The van der Waals surface area contributed by atoms with Crippen LogP contribution in [0, 0.1) is 9.93 Å². The maximum Gasteiger partial charge on any atom is 0.373 e. The van der Waals surface area contributed by atoms with E-state index >= 15 is 0 Å².